The van der Waals surface area contributed by atoms with Gasteiger partial charge in [0.1, 0.15) is 5.56 Å². The van der Waals surface area contributed by atoms with Gasteiger partial charge in [0.2, 0.25) is 0 Å². The van der Waals surface area contributed by atoms with E-state index in [0.29, 0.717) is 6.54 Å². The molecule has 2 rings (SSSR count). The molecule has 0 fully saturated rings. The molecule has 122 valence electrons. The highest BCUT2D eigenvalue weighted by molar-refractivity contribution is 5.93. The second-order valence-corrected chi connectivity index (χ2v) is 6.38. The Morgan fingerprint density at radius 1 is 1.22 bits per heavy atom. The number of aromatic nitrogens is 2. The van der Waals surface area contributed by atoms with E-state index in [1.54, 1.807) is 0 Å². The average molecular weight is 315 g/mol. The highest BCUT2D eigenvalue weighted by Crippen LogP contribution is 2.20. The molecule has 6 nitrogen and oxygen atoms in total. The van der Waals surface area contributed by atoms with E-state index in [1.165, 1.54) is 12.6 Å². The fourth-order valence-electron chi connectivity index (χ4n) is 2.35. The van der Waals surface area contributed by atoms with Crippen LogP contribution in [0.3, 0.4) is 0 Å². The number of carbonyl (C=O) groups excluding carboxylic acids is 1. The van der Waals surface area contributed by atoms with Crippen LogP contribution in [-0.2, 0) is 13.5 Å². The van der Waals surface area contributed by atoms with E-state index >= 15 is 0 Å². The van der Waals surface area contributed by atoms with Crippen molar-refractivity contribution >= 4 is 5.91 Å². The molecular formula is C17H21N3O3. The van der Waals surface area contributed by atoms with E-state index < -0.39 is 17.2 Å². The summed E-state index contributed by atoms with van der Waals surface area (Å²) in [6.45, 7) is 4.51. The van der Waals surface area contributed by atoms with Crippen LogP contribution in [0.5, 0.6) is 0 Å². The van der Waals surface area contributed by atoms with Crippen molar-refractivity contribution in [1.29, 1.82) is 0 Å². The van der Waals surface area contributed by atoms with Crippen LogP contribution in [0, 0.1) is 5.41 Å². The van der Waals surface area contributed by atoms with Gasteiger partial charge in [0.05, 0.1) is 0 Å². The third-order valence-electron chi connectivity index (χ3n) is 3.68. The first-order chi connectivity index (χ1) is 10.8. The molecule has 2 aromatic rings. The zero-order valence-corrected chi connectivity index (χ0v) is 13.6. The van der Waals surface area contributed by atoms with E-state index in [2.05, 4.69) is 10.3 Å². The fourth-order valence-corrected chi connectivity index (χ4v) is 2.35. The monoisotopic (exact) mass is 315 g/mol. The molecule has 0 saturated carbocycles. The normalized spacial score (nSPS) is 11.3. The third kappa shape index (κ3) is 4.18. The van der Waals surface area contributed by atoms with Gasteiger partial charge in [0, 0.05) is 19.8 Å². The van der Waals surface area contributed by atoms with E-state index in [9.17, 15) is 14.4 Å². The first-order valence-corrected chi connectivity index (χ1v) is 7.41. The Balaban J connectivity index is 2.05. The number of carbonyl (C=O) groups is 1. The lowest BCUT2D eigenvalue weighted by Gasteiger charge is -2.25. The Hall–Kier alpha value is -2.63. The van der Waals surface area contributed by atoms with Gasteiger partial charge < -0.3 is 10.3 Å². The van der Waals surface area contributed by atoms with Crippen molar-refractivity contribution < 1.29 is 4.79 Å². The van der Waals surface area contributed by atoms with Gasteiger partial charge in [-0.2, -0.15) is 0 Å². The summed E-state index contributed by atoms with van der Waals surface area (Å²) in [6, 6.07) is 10.0. The zero-order chi connectivity index (χ0) is 17.0. The minimum absolute atomic E-state index is 0.0670. The van der Waals surface area contributed by atoms with Gasteiger partial charge in [0.25, 0.3) is 11.5 Å². The molecule has 0 atom stereocenters. The van der Waals surface area contributed by atoms with Crippen molar-refractivity contribution in [1.82, 2.24) is 14.9 Å². The molecule has 6 heteroatoms. The molecule has 1 aromatic carbocycles. The lowest BCUT2D eigenvalue weighted by molar-refractivity contribution is 0.0933. The molecule has 1 aromatic heterocycles. The van der Waals surface area contributed by atoms with Crippen LogP contribution in [0.4, 0.5) is 0 Å². The summed E-state index contributed by atoms with van der Waals surface area (Å²) in [4.78, 5) is 37.8. The maximum Gasteiger partial charge on any atom is 0.328 e. The molecular weight excluding hydrogens is 294 g/mol. The highest BCUT2D eigenvalue weighted by Gasteiger charge is 2.21. The number of aromatic amines is 1. The van der Waals surface area contributed by atoms with Crippen LogP contribution in [-0.4, -0.2) is 22.0 Å². The summed E-state index contributed by atoms with van der Waals surface area (Å²) in [7, 11) is 1.33. The van der Waals surface area contributed by atoms with Crippen molar-refractivity contribution in [3.8, 4) is 0 Å². The van der Waals surface area contributed by atoms with Crippen LogP contribution in [0.2, 0.25) is 0 Å². The van der Waals surface area contributed by atoms with E-state index in [4.69, 9.17) is 0 Å². The number of H-pyrrole nitrogens is 1. The number of hydrogen-bond acceptors (Lipinski definition) is 3. The second-order valence-electron chi connectivity index (χ2n) is 6.38. The Morgan fingerprint density at radius 3 is 2.52 bits per heavy atom. The molecule has 23 heavy (non-hydrogen) atoms. The van der Waals surface area contributed by atoms with Gasteiger partial charge >= 0.3 is 5.69 Å². The van der Waals surface area contributed by atoms with Gasteiger partial charge in [-0.1, -0.05) is 44.2 Å². The number of rotatable bonds is 5. The largest absolute Gasteiger partial charge is 0.351 e. The molecule has 2 N–H and O–H groups in total. The molecule has 0 unspecified atom stereocenters. The Labute approximate surface area is 134 Å². The smallest absolute Gasteiger partial charge is 0.328 e. The Morgan fingerprint density at radius 2 is 1.87 bits per heavy atom. The van der Waals surface area contributed by atoms with Crippen LogP contribution in [0.25, 0.3) is 0 Å². The molecule has 0 bridgehead atoms. The van der Waals surface area contributed by atoms with Crippen molar-refractivity contribution in [2.75, 3.05) is 6.54 Å². The van der Waals surface area contributed by atoms with Gasteiger partial charge in [0.15, 0.2) is 0 Å². The van der Waals surface area contributed by atoms with Gasteiger partial charge in [-0.3, -0.25) is 14.2 Å². The first kappa shape index (κ1) is 16.7. The molecule has 1 heterocycles. The summed E-state index contributed by atoms with van der Waals surface area (Å²) < 4.78 is 0.879. The first-order valence-electron chi connectivity index (χ1n) is 7.41. The van der Waals surface area contributed by atoms with Crippen LogP contribution < -0.4 is 16.6 Å². The number of amides is 1. The Kier molecular flexibility index (Phi) is 4.83. The summed E-state index contributed by atoms with van der Waals surface area (Å²) >= 11 is 0. The van der Waals surface area contributed by atoms with Crippen LogP contribution >= 0.6 is 0 Å². The van der Waals surface area contributed by atoms with Crippen LogP contribution in [0.15, 0.2) is 46.1 Å². The summed E-state index contributed by atoms with van der Waals surface area (Å²) in [5, 5.41) is 2.77. The molecule has 0 radical (unpaired) electrons. The minimum atomic E-state index is -0.605. The topological polar surface area (TPSA) is 84.0 Å². The second kappa shape index (κ2) is 6.64. The number of nitrogens with zero attached hydrogens (tertiary/aromatic N) is 1. The predicted molar refractivity (Wildman–Crippen MR) is 88.6 cm³/mol. The summed E-state index contributed by atoms with van der Waals surface area (Å²) in [5.74, 6) is -0.483. The quantitative estimate of drug-likeness (QED) is 0.866. The van der Waals surface area contributed by atoms with Crippen molar-refractivity contribution in [2.45, 2.75) is 20.3 Å². The van der Waals surface area contributed by atoms with Gasteiger partial charge in [-0.25, -0.2) is 4.79 Å². The average Bonchev–Trinajstić information content (AvgIpc) is 2.51. The standard InChI is InChI=1S/C17H21N3O3/c1-17(2,9-12-7-5-4-6-8-12)11-19-14(21)13-10-18-16(23)20(3)15(13)22/h4-8,10H,9,11H2,1-3H3,(H,18,23)(H,19,21). The van der Waals surface area contributed by atoms with Crippen molar-refractivity contribution in [3.63, 3.8) is 0 Å². The van der Waals surface area contributed by atoms with Crippen molar-refractivity contribution in [3.05, 3.63) is 68.5 Å². The van der Waals surface area contributed by atoms with Crippen molar-refractivity contribution in [2.24, 2.45) is 12.5 Å². The SMILES string of the molecule is Cn1c(=O)[nH]cc(C(=O)NCC(C)(C)Cc2ccccc2)c1=O. The maximum absolute atomic E-state index is 12.2. The lowest BCUT2D eigenvalue weighted by atomic mass is 9.85. The summed E-state index contributed by atoms with van der Waals surface area (Å²) in [6.07, 6.45) is 1.96. The lowest BCUT2D eigenvalue weighted by Crippen LogP contribution is -2.41. The fraction of sp³-hybridized carbons (Fsp3) is 0.353. The van der Waals surface area contributed by atoms with Gasteiger partial charge in [-0.05, 0) is 17.4 Å². The molecule has 1 amide bonds. The zero-order valence-electron chi connectivity index (χ0n) is 13.6. The number of nitrogens with one attached hydrogen (secondary N) is 2. The van der Waals surface area contributed by atoms with Crippen LogP contribution in [0.1, 0.15) is 29.8 Å². The third-order valence-corrected chi connectivity index (χ3v) is 3.68. The van der Waals surface area contributed by atoms with E-state index in [0.717, 1.165) is 17.2 Å². The molecule has 0 aliphatic heterocycles. The number of benzene rings is 1. The van der Waals surface area contributed by atoms with E-state index in [-0.39, 0.29) is 11.0 Å². The predicted octanol–water partition coefficient (Wildman–Crippen LogP) is 1.07. The van der Waals surface area contributed by atoms with Gasteiger partial charge in [-0.15, -0.1) is 0 Å². The molecule has 0 aliphatic carbocycles. The maximum atomic E-state index is 12.2. The Bertz CT molecular complexity index is 804. The minimum Gasteiger partial charge on any atom is -0.351 e. The molecule has 0 spiro atoms. The molecule has 0 saturated heterocycles. The summed E-state index contributed by atoms with van der Waals surface area (Å²) in [5.41, 5.74) is -0.192. The molecule has 0 aliphatic rings. The highest BCUT2D eigenvalue weighted by atomic mass is 16.2. The van der Waals surface area contributed by atoms with E-state index in [1.807, 2.05) is 44.2 Å². The number of hydrogen-bond donors (Lipinski definition) is 2.